The van der Waals surface area contributed by atoms with E-state index in [1.54, 1.807) is 24.1 Å². The van der Waals surface area contributed by atoms with Crippen molar-refractivity contribution in [2.45, 2.75) is 38.8 Å². The van der Waals surface area contributed by atoms with Crippen LogP contribution in [0.3, 0.4) is 0 Å². The number of carbonyl (C=O) groups is 2. The van der Waals surface area contributed by atoms with Crippen LogP contribution in [0.4, 0.5) is 0 Å². The number of hydrogen-bond acceptors (Lipinski definition) is 3. The third-order valence-electron chi connectivity index (χ3n) is 4.20. The smallest absolute Gasteiger partial charge is 0.309 e. The van der Waals surface area contributed by atoms with Crippen LogP contribution in [0, 0.1) is 5.92 Å². The number of ether oxygens (including phenoxy) is 1. The maximum Gasteiger partial charge on any atom is 0.309 e. The first-order valence-corrected chi connectivity index (χ1v) is 7.17. The molecule has 21 heavy (non-hydrogen) atoms. The molecule has 0 spiro atoms. The molecule has 0 aromatic heterocycles. The van der Waals surface area contributed by atoms with Gasteiger partial charge in [-0.2, -0.15) is 0 Å². The highest BCUT2D eigenvalue weighted by molar-refractivity contribution is 5.87. The minimum Gasteiger partial charge on any atom is -0.497 e. The molecule has 1 amide bonds. The number of amides is 1. The highest BCUT2D eigenvalue weighted by Gasteiger charge is 2.46. The summed E-state index contributed by atoms with van der Waals surface area (Å²) >= 11 is 0. The van der Waals surface area contributed by atoms with Gasteiger partial charge in [0.1, 0.15) is 5.75 Å². The van der Waals surface area contributed by atoms with Gasteiger partial charge >= 0.3 is 5.97 Å². The van der Waals surface area contributed by atoms with Crippen LogP contribution in [0.1, 0.15) is 38.3 Å². The Morgan fingerprint density at radius 2 is 2.05 bits per heavy atom. The molecule has 1 heterocycles. The fourth-order valence-corrected chi connectivity index (χ4v) is 2.89. The van der Waals surface area contributed by atoms with E-state index in [0.29, 0.717) is 5.75 Å². The van der Waals surface area contributed by atoms with Crippen molar-refractivity contribution in [2.75, 3.05) is 7.11 Å². The zero-order valence-corrected chi connectivity index (χ0v) is 12.6. The number of nitrogens with zero attached hydrogens (tertiary/aromatic N) is 1. The highest BCUT2D eigenvalue weighted by Crippen LogP contribution is 2.40. The fourth-order valence-electron chi connectivity index (χ4n) is 2.89. The molecule has 1 saturated heterocycles. The van der Waals surface area contributed by atoms with E-state index in [1.807, 2.05) is 26.0 Å². The van der Waals surface area contributed by atoms with E-state index < -0.39 is 17.9 Å². The van der Waals surface area contributed by atoms with Crippen LogP contribution in [0.25, 0.3) is 0 Å². The van der Waals surface area contributed by atoms with Crippen LogP contribution in [0.5, 0.6) is 5.75 Å². The zero-order chi connectivity index (χ0) is 15.6. The molecule has 0 aliphatic carbocycles. The van der Waals surface area contributed by atoms with Crippen LogP contribution >= 0.6 is 0 Å². The number of rotatable bonds is 5. The van der Waals surface area contributed by atoms with E-state index in [-0.39, 0.29) is 18.4 Å². The van der Waals surface area contributed by atoms with Crippen LogP contribution in [-0.2, 0) is 9.59 Å². The number of likely N-dealkylation sites (tertiary alicyclic amines) is 1. The van der Waals surface area contributed by atoms with Crippen LogP contribution < -0.4 is 4.74 Å². The Hall–Kier alpha value is -2.04. The van der Waals surface area contributed by atoms with Crippen LogP contribution in [-0.4, -0.2) is 35.0 Å². The Labute approximate surface area is 124 Å². The van der Waals surface area contributed by atoms with Gasteiger partial charge in [-0.15, -0.1) is 0 Å². The second-order valence-electron chi connectivity index (χ2n) is 5.43. The number of methoxy groups -OCH3 is 1. The summed E-state index contributed by atoms with van der Waals surface area (Å²) < 4.78 is 5.13. The van der Waals surface area contributed by atoms with E-state index in [1.165, 1.54) is 0 Å². The lowest BCUT2D eigenvalue weighted by molar-refractivity contribution is -0.142. The molecule has 0 unspecified atom stereocenters. The van der Waals surface area contributed by atoms with Gasteiger partial charge in [-0.05, 0) is 31.0 Å². The molecule has 1 aliphatic heterocycles. The fraction of sp³-hybridized carbons (Fsp3) is 0.500. The van der Waals surface area contributed by atoms with Crippen LogP contribution in [0.2, 0.25) is 0 Å². The molecule has 1 aromatic rings. The number of aliphatic carboxylic acids is 1. The monoisotopic (exact) mass is 291 g/mol. The predicted octanol–water partition coefficient (Wildman–Crippen LogP) is 2.47. The number of benzene rings is 1. The van der Waals surface area contributed by atoms with Gasteiger partial charge in [0.15, 0.2) is 0 Å². The number of carboxylic acids is 1. The molecule has 5 heteroatoms. The van der Waals surface area contributed by atoms with Crippen molar-refractivity contribution in [3.63, 3.8) is 0 Å². The van der Waals surface area contributed by atoms with Crippen molar-refractivity contribution in [2.24, 2.45) is 5.92 Å². The van der Waals surface area contributed by atoms with E-state index in [4.69, 9.17) is 4.74 Å². The van der Waals surface area contributed by atoms with E-state index >= 15 is 0 Å². The van der Waals surface area contributed by atoms with Crippen molar-refractivity contribution in [3.05, 3.63) is 29.8 Å². The summed E-state index contributed by atoms with van der Waals surface area (Å²) in [7, 11) is 1.58. The Bertz CT molecular complexity index is 526. The summed E-state index contributed by atoms with van der Waals surface area (Å²) in [6.45, 7) is 3.95. The van der Waals surface area contributed by atoms with Crippen molar-refractivity contribution in [3.8, 4) is 5.75 Å². The lowest BCUT2D eigenvalue weighted by atomic mass is 9.93. The molecule has 5 nitrogen and oxygen atoms in total. The zero-order valence-electron chi connectivity index (χ0n) is 12.6. The van der Waals surface area contributed by atoms with Gasteiger partial charge in [0.25, 0.3) is 0 Å². The maximum absolute atomic E-state index is 12.2. The average molecular weight is 291 g/mol. The first kappa shape index (κ1) is 15.4. The van der Waals surface area contributed by atoms with Gasteiger partial charge in [0.05, 0.1) is 19.1 Å². The van der Waals surface area contributed by atoms with Gasteiger partial charge in [-0.25, -0.2) is 0 Å². The number of hydrogen-bond donors (Lipinski definition) is 1. The molecule has 2 rings (SSSR count). The summed E-state index contributed by atoms with van der Waals surface area (Å²) in [5, 5.41) is 9.43. The molecule has 1 fully saturated rings. The van der Waals surface area contributed by atoms with Crippen LogP contribution in [0.15, 0.2) is 24.3 Å². The molecule has 114 valence electrons. The van der Waals surface area contributed by atoms with Crippen molar-refractivity contribution in [1.82, 2.24) is 4.90 Å². The Morgan fingerprint density at radius 3 is 2.52 bits per heavy atom. The summed E-state index contributed by atoms with van der Waals surface area (Å²) in [4.78, 5) is 25.5. The Morgan fingerprint density at radius 1 is 1.43 bits per heavy atom. The molecule has 1 N–H and O–H groups in total. The number of carbonyl (C=O) groups excluding carboxylic acids is 1. The normalized spacial score (nSPS) is 23.2. The minimum atomic E-state index is -0.921. The van der Waals surface area contributed by atoms with Gasteiger partial charge in [-0.3, -0.25) is 9.59 Å². The minimum absolute atomic E-state index is 0.0222. The first-order valence-electron chi connectivity index (χ1n) is 7.17. The summed E-state index contributed by atoms with van der Waals surface area (Å²) in [5.41, 5.74) is 0.842. The largest absolute Gasteiger partial charge is 0.497 e. The Balaban J connectivity index is 2.40. The number of carboxylic acid groups (broad SMARTS) is 1. The maximum atomic E-state index is 12.2. The molecule has 3 atom stereocenters. The molecular weight excluding hydrogens is 270 g/mol. The summed E-state index contributed by atoms with van der Waals surface area (Å²) in [6, 6.07) is 6.89. The first-order chi connectivity index (χ1) is 9.99. The van der Waals surface area contributed by atoms with Gasteiger partial charge < -0.3 is 14.7 Å². The van der Waals surface area contributed by atoms with Gasteiger partial charge in [0.2, 0.25) is 5.91 Å². The van der Waals surface area contributed by atoms with Crippen molar-refractivity contribution < 1.29 is 19.4 Å². The quantitative estimate of drug-likeness (QED) is 0.905. The van der Waals surface area contributed by atoms with Crippen molar-refractivity contribution in [1.29, 1.82) is 0 Å². The lowest BCUT2D eigenvalue weighted by Crippen LogP contribution is -2.37. The van der Waals surface area contributed by atoms with Gasteiger partial charge in [0, 0.05) is 12.5 Å². The second kappa shape index (κ2) is 6.16. The molecular formula is C16H21NO4. The molecule has 0 radical (unpaired) electrons. The van der Waals surface area contributed by atoms with Gasteiger partial charge in [-0.1, -0.05) is 19.1 Å². The van der Waals surface area contributed by atoms with E-state index in [2.05, 4.69) is 0 Å². The van der Waals surface area contributed by atoms with Crippen molar-refractivity contribution >= 4 is 11.9 Å². The molecule has 1 aliphatic rings. The predicted molar refractivity (Wildman–Crippen MR) is 78.1 cm³/mol. The SMILES string of the molecule is CC[C@@H](C)N1C(=O)C[C@H](C(=O)O)[C@@H]1c1ccc(OC)cc1. The molecule has 1 aromatic carbocycles. The topological polar surface area (TPSA) is 66.8 Å². The third kappa shape index (κ3) is 2.86. The Kier molecular flexibility index (Phi) is 4.50. The standard InChI is InChI=1S/C16H21NO4/c1-4-10(2)17-14(18)9-13(16(19)20)15(17)11-5-7-12(21-3)8-6-11/h5-8,10,13,15H,4,9H2,1-3H3,(H,19,20)/t10-,13+,15+/m1/s1. The average Bonchev–Trinajstić information content (AvgIpc) is 2.84. The summed E-state index contributed by atoms with van der Waals surface area (Å²) in [6.07, 6.45) is 0.862. The highest BCUT2D eigenvalue weighted by atomic mass is 16.5. The second-order valence-corrected chi connectivity index (χ2v) is 5.43. The summed E-state index contributed by atoms with van der Waals surface area (Å²) in [5.74, 6) is -0.988. The lowest BCUT2D eigenvalue weighted by Gasteiger charge is -2.32. The molecule has 0 saturated carbocycles. The molecule has 0 bridgehead atoms. The van der Waals surface area contributed by atoms with E-state index in [9.17, 15) is 14.7 Å². The third-order valence-corrected chi connectivity index (χ3v) is 4.20. The van der Waals surface area contributed by atoms with E-state index in [0.717, 1.165) is 12.0 Å².